The molecule has 2 N–H and O–H groups in total. The van der Waals surface area contributed by atoms with E-state index < -0.39 is 0 Å². The molecule has 20 heavy (non-hydrogen) atoms. The molecule has 5 nitrogen and oxygen atoms in total. The highest BCUT2D eigenvalue weighted by molar-refractivity contribution is 5.77. The molecule has 1 amide bonds. The van der Waals surface area contributed by atoms with Gasteiger partial charge in [-0.2, -0.15) is 0 Å². The van der Waals surface area contributed by atoms with Crippen molar-refractivity contribution in [1.29, 1.82) is 0 Å². The van der Waals surface area contributed by atoms with E-state index in [-0.39, 0.29) is 17.9 Å². The Morgan fingerprint density at radius 1 is 1.45 bits per heavy atom. The molecule has 116 valence electrons. The van der Waals surface area contributed by atoms with Crippen LogP contribution in [0.2, 0.25) is 0 Å². The van der Waals surface area contributed by atoms with Gasteiger partial charge in [-0.3, -0.25) is 14.9 Å². The molecule has 2 aliphatic rings. The zero-order valence-corrected chi connectivity index (χ0v) is 12.8. The molecule has 5 heteroatoms. The average molecular weight is 284 g/mol. The van der Waals surface area contributed by atoms with Crippen LogP contribution in [0.5, 0.6) is 0 Å². The van der Waals surface area contributed by atoms with E-state index in [9.17, 15) is 4.79 Å². The van der Waals surface area contributed by atoms with Crippen molar-refractivity contribution in [2.24, 2.45) is 17.8 Å². The molecule has 0 radical (unpaired) electrons. The van der Waals surface area contributed by atoms with Crippen molar-refractivity contribution < 1.29 is 14.7 Å². The van der Waals surface area contributed by atoms with Crippen LogP contribution in [0, 0.1) is 17.8 Å². The van der Waals surface area contributed by atoms with E-state index in [2.05, 4.69) is 25.7 Å². The summed E-state index contributed by atoms with van der Waals surface area (Å²) in [5.74, 6) is 0.809. The van der Waals surface area contributed by atoms with Crippen molar-refractivity contribution in [2.75, 3.05) is 19.7 Å². The Balaban J connectivity index is 1.98. The number of hydroxylamine groups is 1. The van der Waals surface area contributed by atoms with Crippen LogP contribution in [-0.2, 0) is 9.53 Å². The summed E-state index contributed by atoms with van der Waals surface area (Å²) in [7, 11) is 0. The number of carbonyl (C=O) groups excluding carboxylic acids is 1. The molecule has 1 heterocycles. The molecule has 0 aromatic carbocycles. The van der Waals surface area contributed by atoms with Gasteiger partial charge in [-0.1, -0.05) is 13.8 Å². The fourth-order valence-electron chi connectivity index (χ4n) is 3.51. The van der Waals surface area contributed by atoms with Gasteiger partial charge in [-0.25, -0.2) is 5.48 Å². The summed E-state index contributed by atoms with van der Waals surface area (Å²) in [6, 6.07) is 0.438. The second-order valence-electron chi connectivity index (χ2n) is 6.81. The monoisotopic (exact) mass is 284 g/mol. The minimum atomic E-state index is -0.261. The molecule has 0 spiro atoms. The first-order valence-electron chi connectivity index (χ1n) is 7.80. The number of amides is 1. The van der Waals surface area contributed by atoms with Gasteiger partial charge in [0.1, 0.15) is 0 Å². The second kappa shape index (κ2) is 6.87. The quantitative estimate of drug-likeness (QED) is 0.611. The highest BCUT2D eigenvalue weighted by atomic mass is 16.5. The van der Waals surface area contributed by atoms with Crippen LogP contribution >= 0.6 is 0 Å². The first-order chi connectivity index (χ1) is 9.51. The molecule has 1 aliphatic carbocycles. The van der Waals surface area contributed by atoms with Crippen LogP contribution in [-0.4, -0.2) is 47.9 Å². The van der Waals surface area contributed by atoms with E-state index in [0.717, 1.165) is 39.0 Å². The molecule has 1 aliphatic heterocycles. The summed E-state index contributed by atoms with van der Waals surface area (Å²) in [4.78, 5) is 14.1. The fourth-order valence-corrected chi connectivity index (χ4v) is 3.51. The topological polar surface area (TPSA) is 61.8 Å². The number of ether oxygens (including phenoxy) is 1. The predicted molar refractivity (Wildman–Crippen MR) is 76.4 cm³/mol. The van der Waals surface area contributed by atoms with Crippen molar-refractivity contribution in [3.05, 3.63) is 0 Å². The number of rotatable bonds is 3. The zero-order chi connectivity index (χ0) is 14.7. The van der Waals surface area contributed by atoms with E-state index in [4.69, 9.17) is 9.94 Å². The molecular formula is C15H28N2O3. The van der Waals surface area contributed by atoms with Crippen molar-refractivity contribution in [2.45, 2.75) is 52.2 Å². The third-order valence-electron chi connectivity index (χ3n) is 4.65. The number of hydrogen-bond donors (Lipinski definition) is 2. The number of carbonyl (C=O) groups is 1. The van der Waals surface area contributed by atoms with E-state index in [1.165, 1.54) is 0 Å². The lowest BCUT2D eigenvalue weighted by Gasteiger charge is -2.35. The minimum Gasteiger partial charge on any atom is -0.376 e. The predicted octanol–water partition coefficient (Wildman–Crippen LogP) is 1.65. The standard InChI is InChI=1S/C15H28N2O3/c1-10(2)7-17-8-13-5-4-12(15(18)16-19)6-14(13)20-9-11(17)3/h10-14,19H,4-9H2,1-3H3,(H,16,18)/t11-,12?,13?,14?/m0/s1. The summed E-state index contributed by atoms with van der Waals surface area (Å²) in [6.07, 6.45) is 2.75. The molecule has 0 aromatic rings. The summed E-state index contributed by atoms with van der Waals surface area (Å²) in [5.41, 5.74) is 1.78. The van der Waals surface area contributed by atoms with Gasteiger partial charge >= 0.3 is 0 Å². The highest BCUT2D eigenvalue weighted by Crippen LogP contribution is 2.34. The van der Waals surface area contributed by atoms with Crippen molar-refractivity contribution in [1.82, 2.24) is 10.4 Å². The Morgan fingerprint density at radius 3 is 2.85 bits per heavy atom. The Hall–Kier alpha value is -0.650. The molecule has 4 atom stereocenters. The number of fused-ring (bicyclic) bond motifs is 1. The van der Waals surface area contributed by atoms with Gasteiger partial charge < -0.3 is 4.74 Å². The molecule has 1 saturated carbocycles. The molecule has 0 bridgehead atoms. The fraction of sp³-hybridized carbons (Fsp3) is 0.933. The molecule has 2 fully saturated rings. The van der Waals surface area contributed by atoms with E-state index in [1.54, 1.807) is 5.48 Å². The number of hydrogen-bond acceptors (Lipinski definition) is 4. The summed E-state index contributed by atoms with van der Waals surface area (Å²) in [6.45, 7) is 9.63. The number of nitrogens with zero attached hydrogens (tertiary/aromatic N) is 1. The Kier molecular flexibility index (Phi) is 5.41. The summed E-state index contributed by atoms with van der Waals surface area (Å²) in [5, 5.41) is 8.77. The Morgan fingerprint density at radius 2 is 2.20 bits per heavy atom. The number of nitrogens with one attached hydrogen (secondary N) is 1. The van der Waals surface area contributed by atoms with E-state index in [1.807, 2.05) is 0 Å². The summed E-state index contributed by atoms with van der Waals surface area (Å²) >= 11 is 0. The average Bonchev–Trinajstić information content (AvgIpc) is 2.57. The van der Waals surface area contributed by atoms with Crippen LogP contribution in [0.1, 0.15) is 40.0 Å². The van der Waals surface area contributed by atoms with E-state index >= 15 is 0 Å². The lowest BCUT2D eigenvalue weighted by atomic mass is 9.79. The van der Waals surface area contributed by atoms with Gasteiger partial charge in [0.25, 0.3) is 0 Å². The zero-order valence-electron chi connectivity index (χ0n) is 12.8. The first-order valence-corrected chi connectivity index (χ1v) is 7.80. The van der Waals surface area contributed by atoms with Crippen LogP contribution < -0.4 is 5.48 Å². The van der Waals surface area contributed by atoms with Crippen molar-refractivity contribution in [3.63, 3.8) is 0 Å². The maximum atomic E-state index is 11.6. The maximum absolute atomic E-state index is 11.6. The molecule has 1 saturated heterocycles. The second-order valence-corrected chi connectivity index (χ2v) is 6.81. The molecule has 0 aromatic heterocycles. The Labute approximate surface area is 121 Å². The lowest BCUT2D eigenvalue weighted by Crippen LogP contribution is -2.42. The van der Waals surface area contributed by atoms with Crippen LogP contribution in [0.4, 0.5) is 0 Å². The lowest BCUT2D eigenvalue weighted by molar-refractivity contribution is -0.137. The SMILES string of the molecule is CC(C)CN1CC2CCC(C(=O)NO)CC2OC[C@@H]1C. The van der Waals surface area contributed by atoms with Gasteiger partial charge in [0.15, 0.2) is 0 Å². The van der Waals surface area contributed by atoms with Gasteiger partial charge in [0.2, 0.25) is 5.91 Å². The van der Waals surface area contributed by atoms with Gasteiger partial charge in [0.05, 0.1) is 12.7 Å². The largest absolute Gasteiger partial charge is 0.376 e. The van der Waals surface area contributed by atoms with Gasteiger partial charge in [-0.05, 0) is 38.0 Å². The van der Waals surface area contributed by atoms with Crippen LogP contribution in [0.25, 0.3) is 0 Å². The summed E-state index contributed by atoms with van der Waals surface area (Å²) < 4.78 is 6.05. The Bertz CT molecular complexity index is 335. The molecule has 3 unspecified atom stereocenters. The molecular weight excluding hydrogens is 256 g/mol. The first kappa shape index (κ1) is 15.7. The minimum absolute atomic E-state index is 0.104. The van der Waals surface area contributed by atoms with Crippen molar-refractivity contribution in [3.8, 4) is 0 Å². The third kappa shape index (κ3) is 3.71. The van der Waals surface area contributed by atoms with E-state index in [0.29, 0.717) is 17.9 Å². The third-order valence-corrected chi connectivity index (χ3v) is 4.65. The normalized spacial score (nSPS) is 35.5. The smallest absolute Gasteiger partial charge is 0.246 e. The van der Waals surface area contributed by atoms with Crippen molar-refractivity contribution >= 4 is 5.91 Å². The molecule has 2 rings (SSSR count). The maximum Gasteiger partial charge on any atom is 0.246 e. The van der Waals surface area contributed by atoms with Gasteiger partial charge in [-0.15, -0.1) is 0 Å². The van der Waals surface area contributed by atoms with Gasteiger partial charge in [0, 0.05) is 25.0 Å². The highest BCUT2D eigenvalue weighted by Gasteiger charge is 2.38. The van der Waals surface area contributed by atoms with Crippen LogP contribution in [0.15, 0.2) is 0 Å². The van der Waals surface area contributed by atoms with Crippen LogP contribution in [0.3, 0.4) is 0 Å².